The maximum Gasteiger partial charge on any atom is 0.315 e. The van der Waals surface area contributed by atoms with Crippen molar-refractivity contribution in [2.45, 2.75) is 50.9 Å². The minimum atomic E-state index is -1.06. The number of aliphatic hydroxyl groups is 1. The number of rotatable bonds is 6. The molecule has 2 fully saturated rings. The van der Waals surface area contributed by atoms with Gasteiger partial charge in [-0.1, -0.05) is 24.6 Å². The van der Waals surface area contributed by atoms with Gasteiger partial charge in [-0.25, -0.2) is 9.18 Å². The molecular formula is C18H25FN2O3. The zero-order valence-corrected chi connectivity index (χ0v) is 13.9. The lowest BCUT2D eigenvalue weighted by molar-refractivity contribution is -0.169. The molecule has 1 aromatic carbocycles. The summed E-state index contributed by atoms with van der Waals surface area (Å²) in [4.78, 5) is 12.1. The molecule has 2 amide bonds. The van der Waals surface area contributed by atoms with Crippen LogP contribution >= 0.6 is 0 Å². The highest BCUT2D eigenvalue weighted by Gasteiger charge is 2.59. The van der Waals surface area contributed by atoms with Crippen molar-refractivity contribution >= 4 is 6.03 Å². The van der Waals surface area contributed by atoms with E-state index in [4.69, 9.17) is 4.74 Å². The first-order valence-corrected chi connectivity index (χ1v) is 8.65. The second-order valence-corrected chi connectivity index (χ2v) is 6.71. The Morgan fingerprint density at radius 2 is 2.21 bits per heavy atom. The molecule has 0 radical (unpaired) electrons. The van der Waals surface area contributed by atoms with Crippen molar-refractivity contribution < 1.29 is 19.0 Å². The number of aliphatic hydroxyl groups excluding tert-OH is 1. The number of nitrogens with one attached hydrogen (secondary N) is 2. The fourth-order valence-corrected chi connectivity index (χ4v) is 3.89. The maximum atomic E-state index is 13.6. The first-order valence-electron chi connectivity index (χ1n) is 8.65. The number of urea groups is 1. The summed E-state index contributed by atoms with van der Waals surface area (Å²) in [6.07, 6.45) is 3.35. The van der Waals surface area contributed by atoms with Gasteiger partial charge >= 0.3 is 6.03 Å². The van der Waals surface area contributed by atoms with Gasteiger partial charge in [-0.05, 0) is 32.3 Å². The second-order valence-electron chi connectivity index (χ2n) is 6.71. The van der Waals surface area contributed by atoms with Crippen molar-refractivity contribution in [3.8, 4) is 0 Å². The molecule has 3 N–H and O–H groups in total. The van der Waals surface area contributed by atoms with Crippen LogP contribution in [0.3, 0.4) is 0 Å². The summed E-state index contributed by atoms with van der Waals surface area (Å²) in [6, 6.07) is 5.83. The summed E-state index contributed by atoms with van der Waals surface area (Å²) < 4.78 is 19.4. The van der Waals surface area contributed by atoms with E-state index >= 15 is 0 Å². The molecule has 3 atom stereocenters. The van der Waals surface area contributed by atoms with Crippen molar-refractivity contribution in [3.63, 3.8) is 0 Å². The lowest BCUT2D eigenvalue weighted by Gasteiger charge is -2.60. The number of halogens is 1. The molecule has 1 aromatic rings. The monoisotopic (exact) mass is 336 g/mol. The SMILES string of the molecule is CCOC1CC(NC(=O)NCC(O)c2ccccc2F)C12CCC2. The summed E-state index contributed by atoms with van der Waals surface area (Å²) >= 11 is 0. The number of hydrogen-bond acceptors (Lipinski definition) is 3. The molecule has 3 rings (SSSR count). The first kappa shape index (κ1) is 17.2. The predicted molar refractivity (Wildman–Crippen MR) is 88.0 cm³/mol. The van der Waals surface area contributed by atoms with Crippen LogP contribution in [0.4, 0.5) is 9.18 Å². The van der Waals surface area contributed by atoms with E-state index < -0.39 is 11.9 Å². The van der Waals surface area contributed by atoms with Crippen LogP contribution in [0.15, 0.2) is 24.3 Å². The Morgan fingerprint density at radius 3 is 2.83 bits per heavy atom. The van der Waals surface area contributed by atoms with Crippen LogP contribution in [0.1, 0.15) is 44.3 Å². The van der Waals surface area contributed by atoms with Crippen LogP contribution in [0.2, 0.25) is 0 Å². The fourth-order valence-electron chi connectivity index (χ4n) is 3.89. The van der Waals surface area contributed by atoms with Crippen LogP contribution in [0.25, 0.3) is 0 Å². The lowest BCUT2D eigenvalue weighted by Crippen LogP contribution is -2.68. The Morgan fingerprint density at radius 1 is 1.46 bits per heavy atom. The minimum absolute atomic E-state index is 0.0264. The third kappa shape index (κ3) is 3.13. The van der Waals surface area contributed by atoms with Gasteiger partial charge in [0.1, 0.15) is 5.82 Å². The Balaban J connectivity index is 1.47. The molecule has 132 valence electrons. The normalized spacial score (nSPS) is 25.5. The Bertz CT molecular complexity index is 591. The maximum absolute atomic E-state index is 13.6. The van der Waals surface area contributed by atoms with Gasteiger partial charge in [-0.3, -0.25) is 0 Å². The van der Waals surface area contributed by atoms with Crippen molar-refractivity contribution in [1.29, 1.82) is 0 Å². The highest BCUT2D eigenvalue weighted by atomic mass is 19.1. The summed E-state index contributed by atoms with van der Waals surface area (Å²) in [5, 5.41) is 15.6. The summed E-state index contributed by atoms with van der Waals surface area (Å²) in [5.41, 5.74) is 0.283. The number of benzene rings is 1. The van der Waals surface area contributed by atoms with Crippen molar-refractivity contribution in [2.75, 3.05) is 13.2 Å². The third-order valence-corrected chi connectivity index (χ3v) is 5.46. The molecule has 2 saturated carbocycles. The number of amides is 2. The smallest absolute Gasteiger partial charge is 0.315 e. The van der Waals surface area contributed by atoms with Gasteiger partial charge in [0.15, 0.2) is 0 Å². The van der Waals surface area contributed by atoms with E-state index in [9.17, 15) is 14.3 Å². The van der Waals surface area contributed by atoms with Crippen LogP contribution in [0, 0.1) is 11.2 Å². The average Bonchev–Trinajstić information content (AvgIpc) is 2.50. The quantitative estimate of drug-likeness (QED) is 0.747. The molecule has 0 heterocycles. The summed E-state index contributed by atoms with van der Waals surface area (Å²) in [6.45, 7) is 2.66. The third-order valence-electron chi connectivity index (χ3n) is 5.46. The molecule has 2 aliphatic carbocycles. The molecule has 2 aliphatic rings. The topological polar surface area (TPSA) is 70.6 Å². The van der Waals surface area contributed by atoms with E-state index in [1.165, 1.54) is 18.6 Å². The molecule has 3 unspecified atom stereocenters. The van der Waals surface area contributed by atoms with Crippen LogP contribution < -0.4 is 10.6 Å². The predicted octanol–water partition coefficient (Wildman–Crippen LogP) is 2.51. The van der Waals surface area contributed by atoms with E-state index in [0.29, 0.717) is 6.61 Å². The molecule has 0 aliphatic heterocycles. The van der Waals surface area contributed by atoms with Gasteiger partial charge in [-0.15, -0.1) is 0 Å². The van der Waals surface area contributed by atoms with E-state index in [1.54, 1.807) is 12.1 Å². The minimum Gasteiger partial charge on any atom is -0.386 e. The molecule has 24 heavy (non-hydrogen) atoms. The standard InChI is InChI=1S/C18H25FN2O3/c1-2-24-16-10-15(18(16)8-5-9-18)21-17(23)20-11-14(22)12-6-3-4-7-13(12)19/h3-4,6-7,14-16,22H,2,5,8-11H2,1H3,(H2,20,21,23). The molecule has 0 aromatic heterocycles. The van der Waals surface area contributed by atoms with Gasteiger partial charge in [0, 0.05) is 30.2 Å². The van der Waals surface area contributed by atoms with E-state index in [1.807, 2.05) is 6.92 Å². The number of carbonyl (C=O) groups excluding carboxylic acids is 1. The van der Waals surface area contributed by atoms with E-state index in [2.05, 4.69) is 10.6 Å². The second kappa shape index (κ2) is 7.07. The molecular weight excluding hydrogens is 311 g/mol. The average molecular weight is 336 g/mol. The zero-order chi connectivity index (χ0) is 17.2. The van der Waals surface area contributed by atoms with Crippen LogP contribution in [-0.2, 0) is 4.74 Å². The number of carbonyl (C=O) groups is 1. The molecule has 1 spiro atoms. The fraction of sp³-hybridized carbons (Fsp3) is 0.611. The van der Waals surface area contributed by atoms with Crippen molar-refractivity contribution in [2.24, 2.45) is 5.41 Å². The molecule has 5 nitrogen and oxygen atoms in total. The van der Waals surface area contributed by atoms with Gasteiger partial charge in [0.2, 0.25) is 0 Å². The Kier molecular flexibility index (Phi) is 5.06. The number of hydrogen-bond donors (Lipinski definition) is 3. The van der Waals surface area contributed by atoms with Crippen LogP contribution in [-0.4, -0.2) is 36.4 Å². The van der Waals surface area contributed by atoms with Crippen molar-refractivity contribution in [1.82, 2.24) is 10.6 Å². The van der Waals surface area contributed by atoms with Gasteiger partial charge in [-0.2, -0.15) is 0 Å². The zero-order valence-electron chi connectivity index (χ0n) is 13.9. The molecule has 0 saturated heterocycles. The van der Waals surface area contributed by atoms with Crippen molar-refractivity contribution in [3.05, 3.63) is 35.6 Å². The Hall–Kier alpha value is -1.66. The number of ether oxygens (including phenoxy) is 1. The molecule has 0 bridgehead atoms. The first-order chi connectivity index (χ1) is 11.6. The van der Waals surface area contributed by atoms with Crippen LogP contribution in [0.5, 0.6) is 0 Å². The summed E-state index contributed by atoms with van der Waals surface area (Å²) in [7, 11) is 0. The van der Waals surface area contributed by atoms with Gasteiger partial charge < -0.3 is 20.5 Å². The van der Waals surface area contributed by atoms with E-state index in [0.717, 1.165) is 19.3 Å². The van der Waals surface area contributed by atoms with Gasteiger partial charge in [0.25, 0.3) is 0 Å². The Labute approximate surface area is 141 Å². The summed E-state index contributed by atoms with van der Waals surface area (Å²) in [5.74, 6) is -0.473. The largest absolute Gasteiger partial charge is 0.386 e. The molecule has 6 heteroatoms. The highest BCUT2D eigenvalue weighted by molar-refractivity contribution is 5.74. The van der Waals surface area contributed by atoms with Gasteiger partial charge in [0.05, 0.1) is 12.2 Å². The highest BCUT2D eigenvalue weighted by Crippen LogP contribution is 2.57. The van der Waals surface area contributed by atoms with E-state index in [-0.39, 0.29) is 35.7 Å². The lowest BCUT2D eigenvalue weighted by atomic mass is 9.51.